The van der Waals surface area contributed by atoms with Crippen LogP contribution in [0.4, 0.5) is 10.2 Å². The average molecular weight is 439 g/mol. The maximum Gasteiger partial charge on any atom is 0.255 e. The van der Waals surface area contributed by atoms with Gasteiger partial charge in [0.25, 0.3) is 5.91 Å². The number of anilines is 1. The molecule has 0 aliphatic heterocycles. The van der Waals surface area contributed by atoms with E-state index in [0.29, 0.717) is 17.2 Å². The topological polar surface area (TPSA) is 81.7 Å². The highest BCUT2D eigenvalue weighted by Crippen LogP contribution is 2.18. The zero-order valence-corrected chi connectivity index (χ0v) is 19.0. The number of aliphatic imine (C=N–C) groups is 1. The molecule has 0 fully saturated rings. The fourth-order valence-electron chi connectivity index (χ4n) is 2.92. The van der Waals surface area contributed by atoms with Crippen LogP contribution < -0.4 is 16.0 Å². The first-order chi connectivity index (χ1) is 15.2. The Bertz CT molecular complexity index is 959. The third-order valence-electron chi connectivity index (χ3n) is 5.16. The number of halogens is 1. The van der Waals surface area contributed by atoms with Crippen LogP contribution in [0.15, 0.2) is 72.8 Å². The predicted octanol–water partition coefficient (Wildman–Crippen LogP) is 4.07. The van der Waals surface area contributed by atoms with Crippen LogP contribution in [-0.2, 0) is 0 Å². The zero-order chi connectivity index (χ0) is 23.7. The number of carbonyl (C=O) groups excluding carboxylic acids is 1. The Morgan fingerprint density at radius 1 is 1.22 bits per heavy atom. The molecule has 0 saturated heterocycles. The Balaban J connectivity index is 2.06. The van der Waals surface area contributed by atoms with Crippen LogP contribution in [0.5, 0.6) is 0 Å². The van der Waals surface area contributed by atoms with Crippen molar-refractivity contribution in [1.29, 1.82) is 0 Å². The molecule has 0 aliphatic rings. The summed E-state index contributed by atoms with van der Waals surface area (Å²) in [6.45, 7) is 13.2. The van der Waals surface area contributed by atoms with Gasteiger partial charge in [-0.05, 0) is 56.8 Å². The van der Waals surface area contributed by atoms with Gasteiger partial charge in [-0.1, -0.05) is 25.3 Å². The van der Waals surface area contributed by atoms with Crippen LogP contribution >= 0.6 is 0 Å². The number of likely N-dealkylation sites (N-methyl/N-ethyl adjacent to an activating group) is 1. The summed E-state index contributed by atoms with van der Waals surface area (Å²) in [6.07, 6.45) is 4.83. The van der Waals surface area contributed by atoms with Gasteiger partial charge in [0.2, 0.25) is 0 Å². The lowest BCUT2D eigenvalue weighted by Crippen LogP contribution is -2.41. The van der Waals surface area contributed by atoms with E-state index in [9.17, 15) is 9.18 Å². The summed E-state index contributed by atoms with van der Waals surface area (Å²) in [5.41, 5.74) is 1.24. The summed E-state index contributed by atoms with van der Waals surface area (Å²) in [4.78, 5) is 23.4. The first-order valence-corrected chi connectivity index (χ1v) is 10.3. The van der Waals surface area contributed by atoms with Crippen LogP contribution in [0, 0.1) is 5.82 Å². The van der Waals surface area contributed by atoms with Crippen molar-refractivity contribution in [2.45, 2.75) is 38.9 Å². The van der Waals surface area contributed by atoms with Crippen molar-refractivity contribution >= 4 is 18.1 Å². The molecule has 0 aliphatic carbocycles. The second kappa shape index (κ2) is 11.6. The van der Waals surface area contributed by atoms with Gasteiger partial charge in [-0.15, -0.1) is 0 Å². The first kappa shape index (κ1) is 24.6. The fraction of sp³-hybridized carbons (Fsp3) is 0.292. The number of rotatable bonds is 11. The number of amides is 1. The molecule has 2 aromatic rings. The smallest absolute Gasteiger partial charge is 0.255 e. The number of nitrogens with zero attached hydrogens (tertiary/aromatic N) is 3. The molecule has 2 rings (SSSR count). The first-order valence-electron chi connectivity index (χ1n) is 10.3. The summed E-state index contributed by atoms with van der Waals surface area (Å²) >= 11 is 0. The van der Waals surface area contributed by atoms with E-state index < -0.39 is 0 Å². The lowest BCUT2D eigenvalue weighted by Gasteiger charge is -2.29. The van der Waals surface area contributed by atoms with E-state index in [1.807, 2.05) is 32.7 Å². The van der Waals surface area contributed by atoms with E-state index in [4.69, 9.17) is 0 Å². The van der Waals surface area contributed by atoms with Crippen molar-refractivity contribution in [2.24, 2.45) is 4.99 Å². The highest BCUT2D eigenvalue weighted by atomic mass is 19.1. The lowest BCUT2D eigenvalue weighted by atomic mass is 10.1. The second-order valence-electron chi connectivity index (χ2n) is 7.53. The summed E-state index contributed by atoms with van der Waals surface area (Å²) in [5.74, 6) is 0.391. The lowest BCUT2D eigenvalue weighted by molar-refractivity contribution is 0.0940. The zero-order valence-electron chi connectivity index (χ0n) is 19.0. The maximum atomic E-state index is 13.2. The minimum Gasteiger partial charge on any atom is -0.365 e. The van der Waals surface area contributed by atoms with Crippen molar-refractivity contribution < 1.29 is 9.18 Å². The fourth-order valence-corrected chi connectivity index (χ4v) is 2.92. The molecule has 7 nitrogen and oxygen atoms in total. The van der Waals surface area contributed by atoms with Crippen LogP contribution in [0.3, 0.4) is 0 Å². The average Bonchev–Trinajstić information content (AvgIpc) is 2.77. The highest BCUT2D eigenvalue weighted by Gasteiger charge is 2.20. The number of benzene rings is 1. The third kappa shape index (κ3) is 6.94. The molecule has 8 heteroatoms. The Kier molecular flexibility index (Phi) is 8.95. The molecule has 1 aromatic carbocycles. The van der Waals surface area contributed by atoms with E-state index >= 15 is 0 Å². The van der Waals surface area contributed by atoms with Gasteiger partial charge in [0.1, 0.15) is 17.5 Å². The van der Waals surface area contributed by atoms with Gasteiger partial charge in [-0.2, -0.15) is 0 Å². The van der Waals surface area contributed by atoms with E-state index in [1.54, 1.807) is 36.8 Å². The normalized spacial score (nSPS) is 13.7. The van der Waals surface area contributed by atoms with Gasteiger partial charge in [-0.25, -0.2) is 14.4 Å². The van der Waals surface area contributed by atoms with Gasteiger partial charge in [0, 0.05) is 25.3 Å². The van der Waals surface area contributed by atoms with E-state index in [2.05, 4.69) is 39.1 Å². The van der Waals surface area contributed by atoms with E-state index in [1.165, 1.54) is 18.3 Å². The number of hydrogen-bond acceptors (Lipinski definition) is 5. The van der Waals surface area contributed by atoms with Crippen molar-refractivity contribution in [2.75, 3.05) is 12.4 Å². The summed E-state index contributed by atoms with van der Waals surface area (Å²) in [6, 6.07) is 9.19. The molecule has 1 heterocycles. The number of aromatic nitrogens is 1. The molecular formula is C24H31FN6O. The van der Waals surface area contributed by atoms with Gasteiger partial charge >= 0.3 is 0 Å². The van der Waals surface area contributed by atoms with Crippen molar-refractivity contribution in [3.63, 3.8) is 0 Å². The van der Waals surface area contributed by atoms with Crippen molar-refractivity contribution in [1.82, 2.24) is 20.5 Å². The molecule has 0 radical (unpaired) electrons. The molecule has 0 spiro atoms. The van der Waals surface area contributed by atoms with Gasteiger partial charge in [0.05, 0.1) is 17.9 Å². The maximum absolute atomic E-state index is 13.2. The predicted molar refractivity (Wildman–Crippen MR) is 128 cm³/mol. The molecule has 0 bridgehead atoms. The number of hydrogen-bond donors (Lipinski definition) is 3. The van der Waals surface area contributed by atoms with Gasteiger partial charge < -0.3 is 20.9 Å². The molecule has 0 saturated carbocycles. The molecule has 1 aromatic heterocycles. The highest BCUT2D eigenvalue weighted by molar-refractivity contribution is 5.99. The van der Waals surface area contributed by atoms with E-state index in [-0.39, 0.29) is 29.8 Å². The van der Waals surface area contributed by atoms with Crippen LogP contribution in [0.1, 0.15) is 42.7 Å². The Morgan fingerprint density at radius 2 is 1.91 bits per heavy atom. The minimum atomic E-state index is -0.314. The molecule has 3 N–H and O–H groups in total. The summed E-state index contributed by atoms with van der Waals surface area (Å²) < 4.78 is 13.2. The van der Waals surface area contributed by atoms with Crippen LogP contribution in [0.2, 0.25) is 0 Å². The summed E-state index contributed by atoms with van der Waals surface area (Å²) in [7, 11) is 1.91. The van der Waals surface area contributed by atoms with E-state index in [0.717, 1.165) is 5.56 Å². The number of carbonyl (C=O) groups is 1. The van der Waals surface area contributed by atoms with Crippen molar-refractivity contribution in [3.05, 3.63) is 84.7 Å². The monoisotopic (exact) mass is 438 g/mol. The van der Waals surface area contributed by atoms with Crippen LogP contribution in [0.25, 0.3) is 0 Å². The van der Waals surface area contributed by atoms with Crippen LogP contribution in [-0.4, -0.2) is 41.3 Å². The second-order valence-corrected chi connectivity index (χ2v) is 7.53. The Labute approximate surface area is 189 Å². The molecule has 170 valence electrons. The molecule has 3 atom stereocenters. The Hall–Kier alpha value is -3.68. The van der Waals surface area contributed by atoms with Crippen molar-refractivity contribution in [3.8, 4) is 0 Å². The Morgan fingerprint density at radius 3 is 2.56 bits per heavy atom. The molecular weight excluding hydrogens is 407 g/mol. The minimum absolute atomic E-state index is 0.0336. The largest absolute Gasteiger partial charge is 0.365 e. The number of pyridine rings is 1. The molecule has 32 heavy (non-hydrogen) atoms. The summed E-state index contributed by atoms with van der Waals surface area (Å²) in [5, 5.41) is 9.09. The quantitative estimate of drug-likeness (QED) is 0.364. The number of nitrogens with one attached hydrogen (secondary N) is 3. The van der Waals surface area contributed by atoms with Gasteiger partial charge in [-0.3, -0.25) is 4.79 Å². The SMILES string of the molecule is C=CNC(=C)N=CN(C)C(C)[C@@H](C)Nc1ncccc1C(=O)N[C@@H](C)c1ccc(F)cc1. The standard InChI is InChI=1S/C24H31FN6O/c1-7-26-19(5)28-15-31(6)18(4)16(2)29-23-22(9-8-14-27-23)24(32)30-17(3)20-10-12-21(25)13-11-20/h7-18,26H,1,5H2,2-4,6H3,(H,27,29)(H,30,32)/t16-,17+,18?/m1/s1. The van der Waals surface area contributed by atoms with Gasteiger partial charge in [0.15, 0.2) is 0 Å². The molecule has 1 amide bonds. The third-order valence-corrected chi connectivity index (χ3v) is 5.16. The molecule has 1 unspecified atom stereocenters.